The molecule has 0 atom stereocenters. The highest BCUT2D eigenvalue weighted by atomic mass is 16.2. The highest BCUT2D eigenvalue weighted by molar-refractivity contribution is 5.95. The van der Waals surface area contributed by atoms with Crippen molar-refractivity contribution in [3.63, 3.8) is 0 Å². The Hall–Kier alpha value is -2.62. The molecule has 0 fully saturated rings. The Kier molecular flexibility index (Phi) is 5.72. The van der Waals surface area contributed by atoms with Crippen LogP contribution in [0.1, 0.15) is 17.5 Å². The van der Waals surface area contributed by atoms with Crippen molar-refractivity contribution in [2.45, 2.75) is 19.8 Å². The highest BCUT2D eigenvalue weighted by Gasteiger charge is 2.12. The number of aryl methyl sites for hydroxylation is 2. The number of benzene rings is 1. The van der Waals surface area contributed by atoms with Crippen LogP contribution >= 0.6 is 0 Å². The second-order valence-corrected chi connectivity index (χ2v) is 5.13. The van der Waals surface area contributed by atoms with E-state index < -0.39 is 0 Å². The Morgan fingerprint density at radius 2 is 2.05 bits per heavy atom. The van der Waals surface area contributed by atoms with Gasteiger partial charge in [0.05, 0.1) is 5.70 Å². The second-order valence-electron chi connectivity index (χ2n) is 5.13. The first-order chi connectivity index (χ1) is 10.7. The average molecular weight is 295 g/mol. The van der Waals surface area contributed by atoms with E-state index in [9.17, 15) is 4.79 Å². The van der Waals surface area contributed by atoms with E-state index in [1.54, 1.807) is 12.3 Å². The maximum Gasteiger partial charge on any atom is 0.272 e. The van der Waals surface area contributed by atoms with Crippen LogP contribution < -0.4 is 10.6 Å². The third-order valence-corrected chi connectivity index (χ3v) is 3.39. The summed E-state index contributed by atoms with van der Waals surface area (Å²) in [6.45, 7) is 6.16. The minimum Gasteiger partial charge on any atom is -0.360 e. The SMILES string of the molecule is C=N/C(C(=O)NCCCc1ccc(C)cc1)=C1/C=CC=CN1. The van der Waals surface area contributed by atoms with Crippen LogP contribution in [0.3, 0.4) is 0 Å². The Balaban J connectivity index is 1.82. The maximum absolute atomic E-state index is 12.1. The molecule has 2 N–H and O–H groups in total. The Labute approximate surface area is 131 Å². The summed E-state index contributed by atoms with van der Waals surface area (Å²) in [6, 6.07) is 8.46. The molecule has 1 aliphatic heterocycles. The first-order valence-electron chi connectivity index (χ1n) is 7.35. The number of rotatable bonds is 6. The number of amides is 1. The van der Waals surface area contributed by atoms with Crippen LogP contribution in [0.25, 0.3) is 0 Å². The largest absolute Gasteiger partial charge is 0.360 e. The molecule has 1 aromatic rings. The molecule has 4 heteroatoms. The van der Waals surface area contributed by atoms with Crippen molar-refractivity contribution in [1.29, 1.82) is 0 Å². The lowest BCUT2D eigenvalue weighted by atomic mass is 10.1. The van der Waals surface area contributed by atoms with E-state index in [0.29, 0.717) is 17.9 Å². The van der Waals surface area contributed by atoms with E-state index in [0.717, 1.165) is 12.8 Å². The number of carbonyl (C=O) groups is 1. The van der Waals surface area contributed by atoms with Crippen LogP contribution in [-0.4, -0.2) is 19.2 Å². The summed E-state index contributed by atoms with van der Waals surface area (Å²) in [5.41, 5.74) is 3.51. The van der Waals surface area contributed by atoms with Crippen LogP contribution in [0.4, 0.5) is 0 Å². The highest BCUT2D eigenvalue weighted by Crippen LogP contribution is 2.09. The topological polar surface area (TPSA) is 53.5 Å². The monoisotopic (exact) mass is 295 g/mol. The van der Waals surface area contributed by atoms with Crippen LogP contribution in [0, 0.1) is 6.92 Å². The van der Waals surface area contributed by atoms with Gasteiger partial charge in [-0.3, -0.25) is 9.79 Å². The zero-order valence-corrected chi connectivity index (χ0v) is 12.8. The molecule has 0 radical (unpaired) electrons. The van der Waals surface area contributed by atoms with Gasteiger partial charge in [-0.25, -0.2) is 0 Å². The number of dihydropyridines is 1. The zero-order chi connectivity index (χ0) is 15.8. The Bertz CT molecular complexity index is 624. The van der Waals surface area contributed by atoms with E-state index in [-0.39, 0.29) is 5.91 Å². The summed E-state index contributed by atoms with van der Waals surface area (Å²) in [5, 5.41) is 5.87. The quantitative estimate of drug-likeness (QED) is 0.481. The third kappa shape index (κ3) is 4.45. The van der Waals surface area contributed by atoms with Crippen molar-refractivity contribution in [3.8, 4) is 0 Å². The van der Waals surface area contributed by atoms with Crippen molar-refractivity contribution in [1.82, 2.24) is 10.6 Å². The van der Waals surface area contributed by atoms with Gasteiger partial charge in [-0.05, 0) is 44.2 Å². The molecule has 0 spiro atoms. The lowest BCUT2D eigenvalue weighted by Crippen LogP contribution is -2.28. The van der Waals surface area contributed by atoms with Crippen molar-refractivity contribution in [2.75, 3.05) is 6.54 Å². The molecule has 2 rings (SSSR count). The van der Waals surface area contributed by atoms with Crippen LogP contribution in [0.15, 0.2) is 65.1 Å². The minimum absolute atomic E-state index is 0.207. The lowest BCUT2D eigenvalue weighted by Gasteiger charge is -2.11. The molecule has 1 aromatic carbocycles. The molecule has 0 saturated heterocycles. The van der Waals surface area contributed by atoms with E-state index in [2.05, 4.69) is 53.5 Å². The molecule has 0 unspecified atom stereocenters. The fourth-order valence-electron chi connectivity index (χ4n) is 2.15. The van der Waals surface area contributed by atoms with Crippen LogP contribution in [0.2, 0.25) is 0 Å². The van der Waals surface area contributed by atoms with Gasteiger partial charge in [0.25, 0.3) is 5.91 Å². The molecular weight excluding hydrogens is 274 g/mol. The fourth-order valence-corrected chi connectivity index (χ4v) is 2.15. The number of hydrogen-bond acceptors (Lipinski definition) is 3. The molecule has 114 valence electrons. The second kappa shape index (κ2) is 7.98. The number of hydrogen-bond donors (Lipinski definition) is 2. The molecule has 1 amide bonds. The summed E-state index contributed by atoms with van der Waals surface area (Å²) in [5.74, 6) is -0.207. The molecule has 0 saturated carbocycles. The molecular formula is C18H21N3O. The predicted octanol–water partition coefficient (Wildman–Crippen LogP) is 2.63. The normalized spacial score (nSPS) is 15.1. The van der Waals surface area contributed by atoms with E-state index in [1.165, 1.54) is 11.1 Å². The Morgan fingerprint density at radius 1 is 1.27 bits per heavy atom. The fraction of sp³-hybridized carbons (Fsp3) is 0.222. The lowest BCUT2D eigenvalue weighted by molar-refractivity contribution is -0.117. The van der Waals surface area contributed by atoms with Gasteiger partial charge in [0, 0.05) is 12.7 Å². The molecule has 22 heavy (non-hydrogen) atoms. The third-order valence-electron chi connectivity index (χ3n) is 3.39. The summed E-state index contributed by atoms with van der Waals surface area (Å²) in [6.07, 6.45) is 9.08. The van der Waals surface area contributed by atoms with Gasteiger partial charge in [-0.1, -0.05) is 35.9 Å². The van der Waals surface area contributed by atoms with E-state index in [1.807, 2.05) is 12.2 Å². The zero-order valence-electron chi connectivity index (χ0n) is 12.8. The Morgan fingerprint density at radius 3 is 2.68 bits per heavy atom. The molecule has 0 aliphatic carbocycles. The van der Waals surface area contributed by atoms with Crippen molar-refractivity contribution in [3.05, 3.63) is 71.2 Å². The number of nitrogens with one attached hydrogen (secondary N) is 2. The van der Waals surface area contributed by atoms with Gasteiger partial charge in [-0.15, -0.1) is 0 Å². The summed E-state index contributed by atoms with van der Waals surface area (Å²) >= 11 is 0. The number of aliphatic imine (C=N–C) groups is 1. The van der Waals surface area contributed by atoms with E-state index >= 15 is 0 Å². The molecule has 4 nitrogen and oxygen atoms in total. The van der Waals surface area contributed by atoms with Crippen LogP contribution in [-0.2, 0) is 11.2 Å². The van der Waals surface area contributed by atoms with Gasteiger partial charge in [-0.2, -0.15) is 0 Å². The first-order valence-corrected chi connectivity index (χ1v) is 7.35. The van der Waals surface area contributed by atoms with Crippen molar-refractivity contribution >= 4 is 12.6 Å². The standard InChI is InChI=1S/C18H21N3O/c1-14-8-10-15(11-9-14)6-5-13-21-18(22)17(19-2)16-7-3-4-12-20-16/h3-4,7-12,20H,2,5-6,13H2,1H3,(H,21,22)/b17-16-. The molecule has 1 heterocycles. The first kappa shape index (κ1) is 15.8. The molecule has 0 aromatic heterocycles. The predicted molar refractivity (Wildman–Crippen MR) is 90.5 cm³/mol. The summed E-state index contributed by atoms with van der Waals surface area (Å²) in [7, 11) is 0. The summed E-state index contributed by atoms with van der Waals surface area (Å²) < 4.78 is 0. The smallest absolute Gasteiger partial charge is 0.272 e. The van der Waals surface area contributed by atoms with Gasteiger partial charge in [0.1, 0.15) is 0 Å². The minimum atomic E-state index is -0.207. The van der Waals surface area contributed by atoms with Crippen molar-refractivity contribution < 1.29 is 4.79 Å². The summed E-state index contributed by atoms with van der Waals surface area (Å²) in [4.78, 5) is 16.0. The van der Waals surface area contributed by atoms with Gasteiger partial charge in [0.15, 0.2) is 5.70 Å². The molecule has 0 bridgehead atoms. The average Bonchev–Trinajstić information content (AvgIpc) is 2.55. The van der Waals surface area contributed by atoms with Gasteiger partial charge < -0.3 is 10.6 Å². The number of carbonyl (C=O) groups excluding carboxylic acids is 1. The number of nitrogens with zero attached hydrogens (tertiary/aromatic N) is 1. The van der Waals surface area contributed by atoms with Crippen LogP contribution in [0.5, 0.6) is 0 Å². The number of allylic oxidation sites excluding steroid dienone is 3. The van der Waals surface area contributed by atoms with Crippen molar-refractivity contribution in [2.24, 2.45) is 4.99 Å². The van der Waals surface area contributed by atoms with Gasteiger partial charge >= 0.3 is 0 Å². The maximum atomic E-state index is 12.1. The molecule has 1 aliphatic rings. The van der Waals surface area contributed by atoms with E-state index in [4.69, 9.17) is 0 Å². The van der Waals surface area contributed by atoms with Gasteiger partial charge in [0.2, 0.25) is 0 Å².